The summed E-state index contributed by atoms with van der Waals surface area (Å²) in [5.74, 6) is 0.678. The maximum Gasteiger partial charge on any atom is 0.125 e. The predicted molar refractivity (Wildman–Crippen MR) is 82.7 cm³/mol. The van der Waals surface area contributed by atoms with E-state index in [9.17, 15) is 0 Å². The fraction of sp³-hybridized carbons (Fsp3) is 0.800. The second kappa shape index (κ2) is 7.36. The van der Waals surface area contributed by atoms with Crippen molar-refractivity contribution in [2.24, 2.45) is 5.92 Å². The Labute approximate surface area is 121 Å². The van der Waals surface area contributed by atoms with E-state index in [0.717, 1.165) is 31.1 Å². The molecule has 1 heterocycles. The van der Waals surface area contributed by atoms with Crippen LogP contribution in [-0.2, 0) is 23.3 Å². The van der Waals surface area contributed by atoms with E-state index in [2.05, 4.69) is 39.9 Å². The Hall–Kier alpha value is -0.450. The molecule has 4 heteroatoms. The smallest absolute Gasteiger partial charge is 0.125 e. The van der Waals surface area contributed by atoms with Crippen LogP contribution in [-0.4, -0.2) is 18.1 Å². The van der Waals surface area contributed by atoms with E-state index in [1.165, 1.54) is 10.6 Å². The summed E-state index contributed by atoms with van der Waals surface area (Å²) in [6.45, 7) is 15.5. The molecular weight excluding hydrogens is 256 g/mol. The van der Waals surface area contributed by atoms with Gasteiger partial charge < -0.3 is 10.1 Å². The molecule has 0 aromatic carbocycles. The molecule has 3 nitrogen and oxygen atoms in total. The third kappa shape index (κ3) is 4.86. The fourth-order valence-corrected chi connectivity index (χ4v) is 3.13. The zero-order chi connectivity index (χ0) is 14.5. The van der Waals surface area contributed by atoms with Crippen molar-refractivity contribution >= 4 is 11.3 Å². The van der Waals surface area contributed by atoms with Crippen LogP contribution in [0.15, 0.2) is 0 Å². The topological polar surface area (TPSA) is 34.1 Å². The van der Waals surface area contributed by atoms with Crippen LogP contribution in [0.3, 0.4) is 0 Å². The number of thiazole rings is 1. The van der Waals surface area contributed by atoms with E-state index < -0.39 is 0 Å². The summed E-state index contributed by atoms with van der Waals surface area (Å²) in [5.41, 5.74) is 0.934. The van der Waals surface area contributed by atoms with Gasteiger partial charge in [0.05, 0.1) is 5.69 Å². The molecule has 1 aromatic heterocycles. The van der Waals surface area contributed by atoms with E-state index in [1.807, 2.05) is 6.92 Å². The SMILES string of the molecule is CCOC(C)(C)c1nc(CC)c(CNCC(C)C)s1. The highest BCUT2D eigenvalue weighted by molar-refractivity contribution is 7.11. The Kier molecular flexibility index (Phi) is 6.43. The van der Waals surface area contributed by atoms with Crippen molar-refractivity contribution < 1.29 is 4.74 Å². The summed E-state index contributed by atoms with van der Waals surface area (Å²) >= 11 is 1.78. The van der Waals surface area contributed by atoms with Gasteiger partial charge >= 0.3 is 0 Å². The van der Waals surface area contributed by atoms with Crippen LogP contribution < -0.4 is 5.32 Å². The quantitative estimate of drug-likeness (QED) is 0.790. The minimum atomic E-state index is -0.278. The van der Waals surface area contributed by atoms with Crippen molar-refractivity contribution in [2.75, 3.05) is 13.2 Å². The highest BCUT2D eigenvalue weighted by Crippen LogP contribution is 2.31. The molecule has 0 amide bonds. The van der Waals surface area contributed by atoms with Gasteiger partial charge in [-0.2, -0.15) is 0 Å². The molecule has 0 saturated carbocycles. The van der Waals surface area contributed by atoms with Crippen molar-refractivity contribution in [1.29, 1.82) is 0 Å². The first-order valence-corrected chi connectivity index (χ1v) is 8.06. The molecule has 1 aromatic rings. The number of hydrogen-bond donors (Lipinski definition) is 1. The van der Waals surface area contributed by atoms with Gasteiger partial charge in [-0.25, -0.2) is 4.98 Å². The normalized spacial score (nSPS) is 12.4. The number of nitrogens with zero attached hydrogens (tertiary/aromatic N) is 1. The minimum absolute atomic E-state index is 0.278. The van der Waals surface area contributed by atoms with E-state index >= 15 is 0 Å². The second-order valence-electron chi connectivity index (χ2n) is 5.71. The third-order valence-corrected chi connectivity index (χ3v) is 4.37. The van der Waals surface area contributed by atoms with Crippen molar-refractivity contribution in [3.63, 3.8) is 0 Å². The fourth-order valence-electron chi connectivity index (χ4n) is 1.95. The Morgan fingerprint density at radius 1 is 1.32 bits per heavy atom. The Bertz CT molecular complexity index is 385. The molecular formula is C15H28N2OS. The second-order valence-corrected chi connectivity index (χ2v) is 6.79. The Morgan fingerprint density at radius 2 is 2.00 bits per heavy atom. The van der Waals surface area contributed by atoms with E-state index in [0.29, 0.717) is 5.92 Å². The minimum Gasteiger partial charge on any atom is -0.369 e. The zero-order valence-electron chi connectivity index (χ0n) is 13.2. The van der Waals surface area contributed by atoms with Crippen LogP contribution in [0.25, 0.3) is 0 Å². The first-order valence-electron chi connectivity index (χ1n) is 7.24. The number of ether oxygens (including phenoxy) is 1. The summed E-state index contributed by atoms with van der Waals surface area (Å²) < 4.78 is 5.80. The van der Waals surface area contributed by atoms with Crippen molar-refractivity contribution in [3.8, 4) is 0 Å². The van der Waals surface area contributed by atoms with Gasteiger partial charge in [-0.05, 0) is 39.7 Å². The lowest BCUT2D eigenvalue weighted by Crippen LogP contribution is -2.21. The molecule has 0 aliphatic carbocycles. The monoisotopic (exact) mass is 284 g/mol. The van der Waals surface area contributed by atoms with Crippen LogP contribution in [0.1, 0.15) is 57.1 Å². The molecule has 1 N–H and O–H groups in total. The lowest BCUT2D eigenvalue weighted by molar-refractivity contribution is -0.0142. The van der Waals surface area contributed by atoms with Crippen LogP contribution in [0, 0.1) is 5.92 Å². The van der Waals surface area contributed by atoms with Crippen LogP contribution in [0.2, 0.25) is 0 Å². The first kappa shape index (κ1) is 16.6. The maximum atomic E-state index is 5.80. The van der Waals surface area contributed by atoms with Crippen LogP contribution >= 0.6 is 11.3 Å². The molecule has 0 fully saturated rings. The summed E-state index contributed by atoms with van der Waals surface area (Å²) in [7, 11) is 0. The molecule has 1 rings (SSSR count). The molecule has 0 atom stereocenters. The summed E-state index contributed by atoms with van der Waals surface area (Å²) in [6.07, 6.45) is 0.984. The lowest BCUT2D eigenvalue weighted by Gasteiger charge is -2.21. The predicted octanol–water partition coefficient (Wildman–Crippen LogP) is 3.72. The van der Waals surface area contributed by atoms with Gasteiger partial charge in [0, 0.05) is 18.0 Å². The van der Waals surface area contributed by atoms with Crippen LogP contribution in [0.4, 0.5) is 0 Å². The molecule has 0 saturated heterocycles. The van der Waals surface area contributed by atoms with Crippen LogP contribution in [0.5, 0.6) is 0 Å². The Morgan fingerprint density at radius 3 is 2.53 bits per heavy atom. The van der Waals surface area contributed by atoms with Gasteiger partial charge in [0.15, 0.2) is 0 Å². The maximum absolute atomic E-state index is 5.80. The standard InChI is InChI=1S/C15H28N2OS/c1-7-12-13(10-16-9-11(3)4)19-14(17-12)15(5,6)18-8-2/h11,16H,7-10H2,1-6H3. The molecule has 0 unspecified atom stereocenters. The molecule has 0 radical (unpaired) electrons. The zero-order valence-corrected chi connectivity index (χ0v) is 14.0. The van der Waals surface area contributed by atoms with Gasteiger partial charge in [0.2, 0.25) is 0 Å². The average molecular weight is 284 g/mol. The summed E-state index contributed by atoms with van der Waals surface area (Å²) in [6, 6.07) is 0. The first-order chi connectivity index (χ1) is 8.90. The third-order valence-electron chi connectivity index (χ3n) is 2.97. The van der Waals surface area contributed by atoms with Crippen molar-refractivity contribution in [2.45, 2.75) is 60.1 Å². The van der Waals surface area contributed by atoms with Gasteiger partial charge in [-0.3, -0.25) is 0 Å². The number of rotatable bonds is 8. The average Bonchev–Trinajstić information content (AvgIpc) is 2.72. The molecule has 0 aliphatic heterocycles. The number of aromatic nitrogens is 1. The van der Waals surface area contributed by atoms with Crippen molar-refractivity contribution in [1.82, 2.24) is 10.3 Å². The van der Waals surface area contributed by atoms with E-state index in [4.69, 9.17) is 9.72 Å². The molecule has 0 aliphatic rings. The van der Waals surface area contributed by atoms with Gasteiger partial charge in [-0.15, -0.1) is 11.3 Å². The molecule has 110 valence electrons. The Balaban J connectivity index is 2.79. The van der Waals surface area contributed by atoms with E-state index in [-0.39, 0.29) is 5.60 Å². The molecule has 0 spiro atoms. The molecule has 0 bridgehead atoms. The summed E-state index contributed by atoms with van der Waals surface area (Å²) in [5, 5.41) is 4.59. The molecule has 19 heavy (non-hydrogen) atoms. The van der Waals surface area contributed by atoms with Gasteiger partial charge in [0.25, 0.3) is 0 Å². The largest absolute Gasteiger partial charge is 0.369 e. The van der Waals surface area contributed by atoms with Gasteiger partial charge in [0.1, 0.15) is 10.6 Å². The highest BCUT2D eigenvalue weighted by atomic mass is 32.1. The number of aryl methyl sites for hydroxylation is 1. The lowest BCUT2D eigenvalue weighted by atomic mass is 10.1. The summed E-state index contributed by atoms with van der Waals surface area (Å²) in [4.78, 5) is 6.12. The van der Waals surface area contributed by atoms with Crippen molar-refractivity contribution in [3.05, 3.63) is 15.6 Å². The number of nitrogens with one attached hydrogen (secondary N) is 1. The number of hydrogen-bond acceptors (Lipinski definition) is 4. The van der Waals surface area contributed by atoms with E-state index in [1.54, 1.807) is 11.3 Å². The van der Waals surface area contributed by atoms with Gasteiger partial charge in [-0.1, -0.05) is 20.8 Å². The highest BCUT2D eigenvalue weighted by Gasteiger charge is 2.26.